The van der Waals surface area contributed by atoms with E-state index >= 15 is 0 Å². The maximum Gasteiger partial charge on any atom is 0.243 e. The molecule has 4 atom stereocenters. The highest BCUT2D eigenvalue weighted by atomic mass is 16.2. The summed E-state index contributed by atoms with van der Waals surface area (Å²) < 4.78 is 0. The molecule has 1 saturated carbocycles. The van der Waals surface area contributed by atoms with Crippen molar-refractivity contribution in [2.45, 2.75) is 69.0 Å². The van der Waals surface area contributed by atoms with E-state index < -0.39 is 17.6 Å². The van der Waals surface area contributed by atoms with Gasteiger partial charge < -0.3 is 15.5 Å². The van der Waals surface area contributed by atoms with Crippen LogP contribution in [0.5, 0.6) is 0 Å². The molecule has 0 aromatic rings. The lowest BCUT2D eigenvalue weighted by molar-refractivity contribution is -0.143. The number of amides is 3. The van der Waals surface area contributed by atoms with Crippen LogP contribution in [0.25, 0.3) is 0 Å². The first kappa shape index (κ1) is 20.1. The lowest BCUT2D eigenvalue weighted by atomic mass is 9.94. The Labute approximate surface area is 172 Å². The van der Waals surface area contributed by atoms with Crippen molar-refractivity contribution in [1.82, 2.24) is 20.4 Å². The first-order valence-corrected chi connectivity index (χ1v) is 10.9. The molecule has 0 unspecified atom stereocenters. The smallest absolute Gasteiger partial charge is 0.243 e. The fourth-order valence-electron chi connectivity index (χ4n) is 5.29. The van der Waals surface area contributed by atoms with E-state index in [1.807, 2.05) is 7.05 Å². The van der Waals surface area contributed by atoms with Crippen molar-refractivity contribution in [2.24, 2.45) is 11.8 Å². The molecular formula is C21H31N5O3. The number of nitriles is 1. The topological polar surface area (TPSA) is 106 Å². The van der Waals surface area contributed by atoms with Crippen LogP contribution in [0.3, 0.4) is 0 Å². The standard InChI is InChI=1S/C21H31N5O3/c1-25-9-2-6-21(25)7-10-26(20(21)29)17(11-14-3-4-14)19(28)24-16(13-22)12-15-5-8-23-18(15)27/h14-17H,2-12H2,1H3,(H,23,27)(H,24,28)/t15-,16-,17-,21-/m0/s1. The summed E-state index contributed by atoms with van der Waals surface area (Å²) in [7, 11) is 2.00. The lowest BCUT2D eigenvalue weighted by Gasteiger charge is -2.33. The molecule has 1 spiro atoms. The Bertz CT molecular complexity index is 730. The molecule has 0 aromatic carbocycles. The van der Waals surface area contributed by atoms with Crippen molar-refractivity contribution < 1.29 is 14.4 Å². The first-order chi connectivity index (χ1) is 13.9. The summed E-state index contributed by atoms with van der Waals surface area (Å²) in [5.41, 5.74) is -0.446. The van der Waals surface area contributed by atoms with Gasteiger partial charge in [-0.3, -0.25) is 19.3 Å². The maximum absolute atomic E-state index is 13.4. The molecule has 29 heavy (non-hydrogen) atoms. The average molecular weight is 402 g/mol. The van der Waals surface area contributed by atoms with E-state index in [1.165, 1.54) is 0 Å². The largest absolute Gasteiger partial charge is 0.356 e. The average Bonchev–Trinajstić information content (AvgIpc) is 3.19. The Morgan fingerprint density at radius 2 is 2.07 bits per heavy atom. The van der Waals surface area contributed by atoms with Crippen LogP contribution in [0.4, 0.5) is 0 Å². The van der Waals surface area contributed by atoms with Crippen molar-refractivity contribution in [3.05, 3.63) is 0 Å². The fourth-order valence-corrected chi connectivity index (χ4v) is 5.29. The molecule has 3 aliphatic heterocycles. The Kier molecular flexibility index (Phi) is 5.52. The molecule has 3 saturated heterocycles. The van der Waals surface area contributed by atoms with Gasteiger partial charge in [-0.05, 0) is 58.0 Å². The Hall–Kier alpha value is -2.14. The molecule has 0 radical (unpaired) electrons. The van der Waals surface area contributed by atoms with Crippen molar-refractivity contribution >= 4 is 17.7 Å². The van der Waals surface area contributed by atoms with Gasteiger partial charge in [0.15, 0.2) is 0 Å². The zero-order chi connectivity index (χ0) is 20.6. The predicted molar refractivity (Wildman–Crippen MR) is 105 cm³/mol. The molecule has 8 heteroatoms. The van der Waals surface area contributed by atoms with Gasteiger partial charge in [0.05, 0.1) is 6.07 Å². The van der Waals surface area contributed by atoms with Crippen molar-refractivity contribution in [3.8, 4) is 6.07 Å². The Morgan fingerprint density at radius 1 is 1.28 bits per heavy atom. The number of likely N-dealkylation sites (tertiary alicyclic amines) is 2. The third-order valence-electron chi connectivity index (χ3n) is 7.33. The molecule has 4 rings (SSSR count). The molecule has 3 heterocycles. The SMILES string of the molecule is CN1CCC[C@@]12CCN([C@@H](CC1CC1)C(=O)N[C@H](C#N)C[C@@H]1CCNC1=O)C2=O. The van der Waals surface area contributed by atoms with Gasteiger partial charge in [-0.25, -0.2) is 0 Å². The number of hydrogen-bond donors (Lipinski definition) is 2. The van der Waals surface area contributed by atoms with Crippen LogP contribution in [0.1, 0.15) is 51.4 Å². The van der Waals surface area contributed by atoms with E-state index in [9.17, 15) is 19.6 Å². The first-order valence-electron chi connectivity index (χ1n) is 10.9. The van der Waals surface area contributed by atoms with Crippen molar-refractivity contribution in [2.75, 3.05) is 26.7 Å². The minimum atomic E-state index is -0.709. The van der Waals surface area contributed by atoms with Crippen molar-refractivity contribution in [3.63, 3.8) is 0 Å². The zero-order valence-corrected chi connectivity index (χ0v) is 17.2. The van der Waals surface area contributed by atoms with E-state index in [2.05, 4.69) is 21.6 Å². The number of nitrogens with one attached hydrogen (secondary N) is 2. The van der Waals surface area contributed by atoms with Gasteiger partial charge in [-0.15, -0.1) is 0 Å². The fraction of sp³-hybridized carbons (Fsp3) is 0.810. The maximum atomic E-state index is 13.4. The summed E-state index contributed by atoms with van der Waals surface area (Å²) >= 11 is 0. The summed E-state index contributed by atoms with van der Waals surface area (Å²) in [6, 6.07) is 0.912. The van der Waals surface area contributed by atoms with Crippen LogP contribution >= 0.6 is 0 Å². The molecule has 4 fully saturated rings. The Morgan fingerprint density at radius 3 is 2.66 bits per heavy atom. The molecule has 158 valence electrons. The van der Waals surface area contributed by atoms with Crippen LogP contribution in [-0.4, -0.2) is 71.8 Å². The Balaban J connectivity index is 1.45. The van der Waals surface area contributed by atoms with Gasteiger partial charge >= 0.3 is 0 Å². The molecule has 0 aromatic heterocycles. The summed E-state index contributed by atoms with van der Waals surface area (Å²) in [5.74, 6) is 0.0352. The van der Waals surface area contributed by atoms with Gasteiger partial charge in [0.2, 0.25) is 17.7 Å². The molecule has 2 N–H and O–H groups in total. The quantitative estimate of drug-likeness (QED) is 0.642. The monoisotopic (exact) mass is 401 g/mol. The van der Waals surface area contributed by atoms with Crippen LogP contribution < -0.4 is 10.6 Å². The highest BCUT2D eigenvalue weighted by Gasteiger charge is 2.54. The van der Waals surface area contributed by atoms with Gasteiger partial charge in [-0.2, -0.15) is 5.26 Å². The van der Waals surface area contributed by atoms with Gasteiger partial charge in [-0.1, -0.05) is 12.8 Å². The van der Waals surface area contributed by atoms with Gasteiger partial charge in [0.25, 0.3) is 0 Å². The molecule has 4 aliphatic rings. The van der Waals surface area contributed by atoms with E-state index in [1.54, 1.807) is 4.90 Å². The summed E-state index contributed by atoms with van der Waals surface area (Å²) in [6.45, 7) is 2.13. The molecule has 3 amide bonds. The normalized spacial score (nSPS) is 31.7. The number of rotatable bonds is 7. The zero-order valence-electron chi connectivity index (χ0n) is 17.2. The molecule has 8 nitrogen and oxygen atoms in total. The molecular weight excluding hydrogens is 370 g/mol. The second-order valence-electron chi connectivity index (χ2n) is 9.20. The van der Waals surface area contributed by atoms with Crippen molar-refractivity contribution in [1.29, 1.82) is 5.26 Å². The number of hydrogen-bond acceptors (Lipinski definition) is 5. The van der Waals surface area contributed by atoms with E-state index in [0.29, 0.717) is 38.3 Å². The second-order valence-corrected chi connectivity index (χ2v) is 9.20. The molecule has 0 bridgehead atoms. The predicted octanol–water partition coefficient (Wildman–Crippen LogP) is 0.386. The highest BCUT2D eigenvalue weighted by molar-refractivity contribution is 5.94. The van der Waals surface area contributed by atoms with Crippen LogP contribution in [0, 0.1) is 23.2 Å². The number of carbonyl (C=O) groups excluding carboxylic acids is 3. The van der Waals surface area contributed by atoms with Gasteiger partial charge in [0.1, 0.15) is 17.6 Å². The van der Waals surface area contributed by atoms with E-state index in [0.717, 1.165) is 38.6 Å². The summed E-state index contributed by atoms with van der Waals surface area (Å²) in [6.07, 6.45) is 6.51. The van der Waals surface area contributed by atoms with Crippen LogP contribution in [0.15, 0.2) is 0 Å². The lowest BCUT2D eigenvalue weighted by Crippen LogP contribution is -2.55. The highest BCUT2D eigenvalue weighted by Crippen LogP contribution is 2.41. The third kappa shape index (κ3) is 3.85. The third-order valence-corrected chi connectivity index (χ3v) is 7.33. The second kappa shape index (κ2) is 7.94. The minimum absolute atomic E-state index is 0.0463. The summed E-state index contributed by atoms with van der Waals surface area (Å²) in [5, 5.41) is 15.2. The number of nitrogens with zero attached hydrogens (tertiary/aromatic N) is 3. The van der Waals surface area contributed by atoms with Crippen LogP contribution in [-0.2, 0) is 14.4 Å². The minimum Gasteiger partial charge on any atom is -0.356 e. The van der Waals surface area contributed by atoms with E-state index in [-0.39, 0.29) is 23.6 Å². The molecule has 1 aliphatic carbocycles. The van der Waals surface area contributed by atoms with Crippen LogP contribution in [0.2, 0.25) is 0 Å². The number of carbonyl (C=O) groups is 3. The van der Waals surface area contributed by atoms with E-state index in [4.69, 9.17) is 0 Å². The summed E-state index contributed by atoms with van der Waals surface area (Å²) in [4.78, 5) is 42.3. The van der Waals surface area contributed by atoms with Gasteiger partial charge in [0, 0.05) is 19.0 Å². The number of likely N-dealkylation sites (N-methyl/N-ethyl adjacent to an activating group) is 1.